The van der Waals surface area contributed by atoms with Gasteiger partial charge in [-0.2, -0.15) is 0 Å². The van der Waals surface area contributed by atoms with Gasteiger partial charge in [-0.25, -0.2) is 0 Å². The third-order valence-electron chi connectivity index (χ3n) is 3.83. The molecule has 2 atom stereocenters. The number of hydrogen-bond donors (Lipinski definition) is 1. The van der Waals surface area contributed by atoms with Gasteiger partial charge in [-0.1, -0.05) is 34.1 Å². The van der Waals surface area contributed by atoms with Gasteiger partial charge in [0, 0.05) is 19.1 Å². The highest BCUT2D eigenvalue weighted by atomic mass is 15.1. The molecule has 1 fully saturated rings. The second kappa shape index (κ2) is 7.29. The predicted octanol–water partition coefficient (Wildman–Crippen LogP) is 2.74. The molecule has 0 heterocycles. The largest absolute Gasteiger partial charge is 0.313 e. The maximum atomic E-state index is 3.66. The van der Waals surface area contributed by atoms with E-state index in [1.165, 1.54) is 38.9 Å². The smallest absolute Gasteiger partial charge is 0.0223 e. The molecule has 0 amide bonds. The van der Waals surface area contributed by atoms with Crippen LogP contribution in [0.5, 0.6) is 0 Å². The van der Waals surface area contributed by atoms with Gasteiger partial charge in [0.2, 0.25) is 0 Å². The molecule has 16 heavy (non-hydrogen) atoms. The SMILES string of the molecule is CCNC(CN(CC)CC(C)CC)C1CC1. The molecular formula is C14H30N2. The van der Waals surface area contributed by atoms with Crippen molar-refractivity contribution < 1.29 is 0 Å². The minimum atomic E-state index is 0.744. The Morgan fingerprint density at radius 2 is 1.88 bits per heavy atom. The summed E-state index contributed by atoms with van der Waals surface area (Å²) < 4.78 is 0. The molecule has 0 radical (unpaired) electrons. The Bertz CT molecular complexity index is 178. The van der Waals surface area contributed by atoms with E-state index in [0.717, 1.165) is 24.4 Å². The summed E-state index contributed by atoms with van der Waals surface area (Å²) >= 11 is 0. The lowest BCUT2D eigenvalue weighted by Gasteiger charge is -2.29. The molecule has 0 spiro atoms. The fraction of sp³-hybridized carbons (Fsp3) is 1.00. The molecular weight excluding hydrogens is 196 g/mol. The zero-order chi connectivity index (χ0) is 12.0. The summed E-state index contributed by atoms with van der Waals surface area (Å²) in [7, 11) is 0. The molecule has 96 valence electrons. The second-order valence-corrected chi connectivity index (χ2v) is 5.37. The van der Waals surface area contributed by atoms with Crippen LogP contribution in [0, 0.1) is 11.8 Å². The monoisotopic (exact) mass is 226 g/mol. The van der Waals surface area contributed by atoms with E-state index in [4.69, 9.17) is 0 Å². The Morgan fingerprint density at radius 1 is 1.19 bits per heavy atom. The Balaban J connectivity index is 2.33. The molecule has 2 heteroatoms. The molecule has 1 aliphatic carbocycles. The Hall–Kier alpha value is -0.0800. The van der Waals surface area contributed by atoms with Crippen LogP contribution in [0.25, 0.3) is 0 Å². The first-order chi connectivity index (χ1) is 7.71. The molecule has 2 unspecified atom stereocenters. The first kappa shape index (κ1) is 14.0. The van der Waals surface area contributed by atoms with Crippen LogP contribution in [-0.2, 0) is 0 Å². The minimum absolute atomic E-state index is 0.744. The summed E-state index contributed by atoms with van der Waals surface area (Å²) in [6.07, 6.45) is 4.18. The Kier molecular flexibility index (Phi) is 6.37. The molecule has 1 saturated carbocycles. The van der Waals surface area contributed by atoms with E-state index < -0.39 is 0 Å². The molecule has 0 saturated heterocycles. The van der Waals surface area contributed by atoms with Gasteiger partial charge >= 0.3 is 0 Å². The van der Waals surface area contributed by atoms with Crippen LogP contribution in [0.2, 0.25) is 0 Å². The fourth-order valence-corrected chi connectivity index (χ4v) is 2.32. The second-order valence-electron chi connectivity index (χ2n) is 5.37. The van der Waals surface area contributed by atoms with E-state index >= 15 is 0 Å². The van der Waals surface area contributed by atoms with Gasteiger partial charge in [0.05, 0.1) is 0 Å². The summed E-state index contributed by atoms with van der Waals surface area (Å²) in [5.74, 6) is 1.80. The maximum Gasteiger partial charge on any atom is 0.0223 e. The number of rotatable bonds is 9. The number of likely N-dealkylation sites (N-methyl/N-ethyl adjacent to an activating group) is 2. The lowest BCUT2D eigenvalue weighted by Crippen LogP contribution is -2.43. The van der Waals surface area contributed by atoms with Crippen LogP contribution in [0.4, 0.5) is 0 Å². The van der Waals surface area contributed by atoms with Crippen molar-refractivity contribution in [2.45, 2.75) is 53.0 Å². The van der Waals surface area contributed by atoms with Crippen molar-refractivity contribution in [1.29, 1.82) is 0 Å². The standard InChI is InChI=1S/C14H30N2/c1-5-12(4)10-16(7-3)11-14(15-6-2)13-8-9-13/h12-15H,5-11H2,1-4H3. The van der Waals surface area contributed by atoms with Crippen molar-refractivity contribution in [2.24, 2.45) is 11.8 Å². The van der Waals surface area contributed by atoms with E-state index in [9.17, 15) is 0 Å². The first-order valence-corrected chi connectivity index (χ1v) is 7.16. The highest BCUT2D eigenvalue weighted by Gasteiger charge is 2.31. The highest BCUT2D eigenvalue weighted by Crippen LogP contribution is 2.33. The van der Waals surface area contributed by atoms with Crippen molar-refractivity contribution in [3.63, 3.8) is 0 Å². The van der Waals surface area contributed by atoms with Crippen LogP contribution in [-0.4, -0.2) is 37.1 Å². The van der Waals surface area contributed by atoms with Crippen molar-refractivity contribution in [3.8, 4) is 0 Å². The summed E-state index contributed by atoms with van der Waals surface area (Å²) in [6.45, 7) is 14.0. The third kappa shape index (κ3) is 4.84. The number of nitrogens with zero attached hydrogens (tertiary/aromatic N) is 1. The molecule has 1 aliphatic rings. The van der Waals surface area contributed by atoms with E-state index in [2.05, 4.69) is 37.9 Å². The summed E-state index contributed by atoms with van der Waals surface area (Å²) in [5, 5.41) is 3.66. The molecule has 0 aromatic carbocycles. The normalized spacial score (nSPS) is 20.1. The molecule has 1 rings (SSSR count). The lowest BCUT2D eigenvalue weighted by atomic mass is 10.1. The molecule has 0 bridgehead atoms. The highest BCUT2D eigenvalue weighted by molar-refractivity contribution is 4.88. The molecule has 0 aromatic heterocycles. The summed E-state index contributed by atoms with van der Waals surface area (Å²) in [6, 6.07) is 0.744. The van der Waals surface area contributed by atoms with Gasteiger partial charge in [-0.3, -0.25) is 0 Å². The summed E-state index contributed by atoms with van der Waals surface area (Å²) in [5.41, 5.74) is 0. The van der Waals surface area contributed by atoms with E-state index in [-0.39, 0.29) is 0 Å². The molecule has 2 nitrogen and oxygen atoms in total. The fourth-order valence-electron chi connectivity index (χ4n) is 2.32. The van der Waals surface area contributed by atoms with Crippen LogP contribution in [0.3, 0.4) is 0 Å². The zero-order valence-corrected chi connectivity index (χ0v) is 11.6. The quantitative estimate of drug-likeness (QED) is 0.650. The van der Waals surface area contributed by atoms with Gasteiger partial charge in [-0.15, -0.1) is 0 Å². The molecule has 1 N–H and O–H groups in total. The van der Waals surface area contributed by atoms with E-state index in [0.29, 0.717) is 0 Å². The Labute approximate surface area is 102 Å². The first-order valence-electron chi connectivity index (χ1n) is 7.16. The summed E-state index contributed by atoms with van der Waals surface area (Å²) in [4.78, 5) is 2.62. The molecule has 0 aliphatic heterocycles. The Morgan fingerprint density at radius 3 is 2.31 bits per heavy atom. The molecule has 0 aromatic rings. The average Bonchev–Trinajstić information content (AvgIpc) is 3.10. The van der Waals surface area contributed by atoms with Gasteiger partial charge in [0.25, 0.3) is 0 Å². The number of nitrogens with one attached hydrogen (secondary N) is 1. The van der Waals surface area contributed by atoms with Gasteiger partial charge in [0.1, 0.15) is 0 Å². The van der Waals surface area contributed by atoms with Crippen molar-refractivity contribution in [2.75, 3.05) is 26.2 Å². The van der Waals surface area contributed by atoms with E-state index in [1.54, 1.807) is 0 Å². The predicted molar refractivity (Wildman–Crippen MR) is 71.8 cm³/mol. The van der Waals surface area contributed by atoms with Crippen molar-refractivity contribution >= 4 is 0 Å². The third-order valence-corrected chi connectivity index (χ3v) is 3.83. The minimum Gasteiger partial charge on any atom is -0.313 e. The zero-order valence-electron chi connectivity index (χ0n) is 11.6. The van der Waals surface area contributed by atoms with Gasteiger partial charge < -0.3 is 10.2 Å². The van der Waals surface area contributed by atoms with Crippen LogP contribution < -0.4 is 5.32 Å². The van der Waals surface area contributed by atoms with Crippen LogP contribution in [0.1, 0.15) is 47.0 Å². The average molecular weight is 226 g/mol. The van der Waals surface area contributed by atoms with Crippen LogP contribution >= 0.6 is 0 Å². The van der Waals surface area contributed by atoms with E-state index in [1.807, 2.05) is 0 Å². The van der Waals surface area contributed by atoms with Gasteiger partial charge in [-0.05, 0) is 37.8 Å². The lowest BCUT2D eigenvalue weighted by molar-refractivity contribution is 0.212. The van der Waals surface area contributed by atoms with Crippen molar-refractivity contribution in [3.05, 3.63) is 0 Å². The topological polar surface area (TPSA) is 15.3 Å². The number of hydrogen-bond acceptors (Lipinski definition) is 2. The van der Waals surface area contributed by atoms with Crippen molar-refractivity contribution in [1.82, 2.24) is 10.2 Å². The maximum absolute atomic E-state index is 3.66. The van der Waals surface area contributed by atoms with Gasteiger partial charge in [0.15, 0.2) is 0 Å². The van der Waals surface area contributed by atoms with Crippen LogP contribution in [0.15, 0.2) is 0 Å².